The van der Waals surface area contributed by atoms with Crippen molar-refractivity contribution in [2.45, 2.75) is 11.5 Å². The van der Waals surface area contributed by atoms with Crippen molar-refractivity contribution in [3.05, 3.63) is 77.7 Å². The standard InChI is InChI=1S/C17H14FNO3S/c18-15-8-4-5-13(9-15)11-23(20,21)12-16-10-17(22-19-16)14-6-2-1-3-7-14/h1-10H,11-12H2. The molecule has 3 rings (SSSR count). The van der Waals surface area contributed by atoms with E-state index in [-0.39, 0.29) is 11.5 Å². The zero-order chi connectivity index (χ0) is 16.3. The Kier molecular flexibility index (Phi) is 4.25. The summed E-state index contributed by atoms with van der Waals surface area (Å²) in [6.45, 7) is 0. The van der Waals surface area contributed by atoms with Gasteiger partial charge in [0.2, 0.25) is 0 Å². The van der Waals surface area contributed by atoms with Crippen molar-refractivity contribution in [1.82, 2.24) is 5.16 Å². The summed E-state index contributed by atoms with van der Waals surface area (Å²) in [5, 5.41) is 3.81. The Morgan fingerprint density at radius 1 is 0.957 bits per heavy atom. The van der Waals surface area contributed by atoms with Crippen LogP contribution >= 0.6 is 0 Å². The van der Waals surface area contributed by atoms with Gasteiger partial charge < -0.3 is 4.52 Å². The highest BCUT2D eigenvalue weighted by atomic mass is 32.2. The molecule has 2 aromatic carbocycles. The second kappa shape index (κ2) is 6.34. The third-order valence-electron chi connectivity index (χ3n) is 3.26. The van der Waals surface area contributed by atoms with E-state index in [4.69, 9.17) is 4.52 Å². The molecule has 0 amide bonds. The van der Waals surface area contributed by atoms with Crippen LogP contribution in [0.1, 0.15) is 11.3 Å². The van der Waals surface area contributed by atoms with E-state index < -0.39 is 15.7 Å². The summed E-state index contributed by atoms with van der Waals surface area (Å²) < 4.78 is 42.8. The van der Waals surface area contributed by atoms with Gasteiger partial charge in [0.05, 0.1) is 17.2 Å². The quantitative estimate of drug-likeness (QED) is 0.717. The second-order valence-electron chi connectivity index (χ2n) is 5.21. The van der Waals surface area contributed by atoms with Crippen molar-refractivity contribution in [2.75, 3.05) is 0 Å². The van der Waals surface area contributed by atoms with E-state index in [9.17, 15) is 12.8 Å². The Morgan fingerprint density at radius 3 is 2.48 bits per heavy atom. The van der Waals surface area contributed by atoms with Crippen LogP contribution in [0.2, 0.25) is 0 Å². The van der Waals surface area contributed by atoms with Crippen LogP contribution in [0.4, 0.5) is 4.39 Å². The van der Waals surface area contributed by atoms with Gasteiger partial charge in [0.25, 0.3) is 0 Å². The Bertz CT molecular complexity index is 904. The first kappa shape index (κ1) is 15.4. The van der Waals surface area contributed by atoms with E-state index in [1.165, 1.54) is 18.2 Å². The number of nitrogens with zero attached hydrogens (tertiary/aromatic N) is 1. The molecule has 3 aromatic rings. The highest BCUT2D eigenvalue weighted by Gasteiger charge is 2.17. The van der Waals surface area contributed by atoms with Crippen molar-refractivity contribution in [2.24, 2.45) is 0 Å². The highest BCUT2D eigenvalue weighted by molar-refractivity contribution is 7.89. The van der Waals surface area contributed by atoms with Crippen molar-refractivity contribution >= 4 is 9.84 Å². The van der Waals surface area contributed by atoms with Gasteiger partial charge in [-0.3, -0.25) is 0 Å². The molecule has 0 saturated carbocycles. The van der Waals surface area contributed by atoms with Crippen LogP contribution in [0.3, 0.4) is 0 Å². The maximum absolute atomic E-state index is 13.1. The largest absolute Gasteiger partial charge is 0.356 e. The Hall–Kier alpha value is -2.47. The molecule has 0 unspecified atom stereocenters. The summed E-state index contributed by atoms with van der Waals surface area (Å²) in [5.41, 5.74) is 1.57. The summed E-state index contributed by atoms with van der Waals surface area (Å²) in [4.78, 5) is 0. The highest BCUT2D eigenvalue weighted by Crippen LogP contribution is 2.21. The summed E-state index contributed by atoms with van der Waals surface area (Å²) in [5.74, 6) is -0.426. The number of rotatable bonds is 5. The zero-order valence-corrected chi connectivity index (χ0v) is 13.0. The molecule has 1 aromatic heterocycles. The van der Waals surface area contributed by atoms with Gasteiger partial charge >= 0.3 is 0 Å². The fraction of sp³-hybridized carbons (Fsp3) is 0.118. The molecule has 118 valence electrons. The van der Waals surface area contributed by atoms with Crippen LogP contribution in [0.25, 0.3) is 11.3 Å². The maximum atomic E-state index is 13.1. The molecular weight excluding hydrogens is 317 g/mol. The lowest BCUT2D eigenvalue weighted by molar-refractivity contribution is 0.425. The Morgan fingerprint density at radius 2 is 1.74 bits per heavy atom. The summed E-state index contributed by atoms with van der Waals surface area (Å²) in [7, 11) is -3.46. The molecule has 6 heteroatoms. The van der Waals surface area contributed by atoms with Gasteiger partial charge in [0.15, 0.2) is 15.6 Å². The first-order valence-corrected chi connectivity index (χ1v) is 8.80. The number of hydrogen-bond donors (Lipinski definition) is 0. The molecule has 23 heavy (non-hydrogen) atoms. The van der Waals surface area contributed by atoms with Crippen molar-refractivity contribution < 1.29 is 17.3 Å². The number of sulfone groups is 1. The SMILES string of the molecule is O=S(=O)(Cc1cccc(F)c1)Cc1cc(-c2ccccc2)on1. The number of benzene rings is 2. The first-order chi connectivity index (χ1) is 11.0. The van der Waals surface area contributed by atoms with Crippen LogP contribution in [-0.4, -0.2) is 13.6 Å². The van der Waals surface area contributed by atoms with Gasteiger partial charge in [-0.15, -0.1) is 0 Å². The van der Waals surface area contributed by atoms with Crippen LogP contribution in [-0.2, 0) is 21.3 Å². The van der Waals surface area contributed by atoms with E-state index in [0.29, 0.717) is 17.0 Å². The molecule has 4 nitrogen and oxygen atoms in total. The van der Waals surface area contributed by atoms with Crippen LogP contribution in [0.15, 0.2) is 65.2 Å². The molecule has 0 aliphatic carbocycles. The Labute approximate surface area is 133 Å². The normalized spacial score (nSPS) is 11.5. The molecular formula is C17H14FNO3S. The molecule has 0 spiro atoms. The minimum Gasteiger partial charge on any atom is -0.356 e. The fourth-order valence-corrected chi connectivity index (χ4v) is 3.65. The average Bonchev–Trinajstić information content (AvgIpc) is 2.95. The van der Waals surface area contributed by atoms with Crippen molar-refractivity contribution in [1.29, 1.82) is 0 Å². The first-order valence-electron chi connectivity index (χ1n) is 6.98. The minimum absolute atomic E-state index is 0.238. The summed E-state index contributed by atoms with van der Waals surface area (Å²) in [6.07, 6.45) is 0. The smallest absolute Gasteiger partial charge is 0.167 e. The third kappa shape index (κ3) is 4.04. The number of hydrogen-bond acceptors (Lipinski definition) is 4. The lowest BCUT2D eigenvalue weighted by Gasteiger charge is -2.02. The maximum Gasteiger partial charge on any atom is 0.167 e. The van der Waals surface area contributed by atoms with Gasteiger partial charge in [0, 0.05) is 11.6 Å². The van der Waals surface area contributed by atoms with Crippen molar-refractivity contribution in [3.63, 3.8) is 0 Å². The summed E-state index contributed by atoms with van der Waals surface area (Å²) >= 11 is 0. The topological polar surface area (TPSA) is 60.2 Å². The summed E-state index contributed by atoms with van der Waals surface area (Å²) in [6, 6.07) is 16.5. The average molecular weight is 331 g/mol. The van der Waals surface area contributed by atoms with Gasteiger partial charge in [-0.05, 0) is 17.7 Å². The minimum atomic E-state index is -3.46. The zero-order valence-electron chi connectivity index (χ0n) is 12.1. The van der Waals surface area contributed by atoms with Crippen LogP contribution < -0.4 is 0 Å². The molecule has 1 heterocycles. The molecule has 0 N–H and O–H groups in total. The molecule has 0 bridgehead atoms. The lowest BCUT2D eigenvalue weighted by atomic mass is 10.2. The number of aromatic nitrogens is 1. The molecule has 0 atom stereocenters. The van der Waals surface area contributed by atoms with E-state index >= 15 is 0 Å². The predicted octanol–water partition coefficient (Wildman–Crippen LogP) is 3.60. The van der Waals surface area contributed by atoms with Crippen LogP contribution in [0.5, 0.6) is 0 Å². The van der Waals surface area contributed by atoms with Gasteiger partial charge in [-0.1, -0.05) is 47.6 Å². The van der Waals surface area contributed by atoms with Gasteiger partial charge in [0.1, 0.15) is 5.82 Å². The molecule has 0 radical (unpaired) electrons. The number of halogens is 1. The van der Waals surface area contributed by atoms with E-state index in [1.807, 2.05) is 30.3 Å². The third-order valence-corrected chi connectivity index (χ3v) is 4.77. The van der Waals surface area contributed by atoms with E-state index in [0.717, 1.165) is 5.56 Å². The molecule has 0 fully saturated rings. The molecule has 0 saturated heterocycles. The second-order valence-corrected chi connectivity index (χ2v) is 7.28. The van der Waals surface area contributed by atoms with Gasteiger partial charge in [-0.2, -0.15) is 0 Å². The molecule has 0 aliphatic rings. The van der Waals surface area contributed by atoms with Crippen molar-refractivity contribution in [3.8, 4) is 11.3 Å². The van der Waals surface area contributed by atoms with E-state index in [2.05, 4.69) is 5.16 Å². The fourth-order valence-electron chi connectivity index (χ4n) is 2.28. The molecule has 0 aliphatic heterocycles. The Balaban J connectivity index is 1.75. The predicted molar refractivity (Wildman–Crippen MR) is 84.7 cm³/mol. The van der Waals surface area contributed by atoms with Crippen LogP contribution in [0, 0.1) is 5.82 Å². The monoisotopic (exact) mass is 331 g/mol. The van der Waals surface area contributed by atoms with E-state index in [1.54, 1.807) is 12.1 Å². The lowest BCUT2D eigenvalue weighted by Crippen LogP contribution is -2.08. The van der Waals surface area contributed by atoms with Gasteiger partial charge in [-0.25, -0.2) is 12.8 Å².